The summed E-state index contributed by atoms with van der Waals surface area (Å²) in [5.74, 6) is -1.11. The zero-order chi connectivity index (χ0) is 15.5. The summed E-state index contributed by atoms with van der Waals surface area (Å²) in [7, 11) is -4.05. The monoisotopic (exact) mass is 301 g/mol. The topological polar surface area (TPSA) is 92.7 Å². The zero-order valence-corrected chi connectivity index (χ0v) is 12.7. The molecule has 0 aromatic heterocycles. The van der Waals surface area contributed by atoms with Gasteiger partial charge in [0.25, 0.3) is 5.91 Å². The Bertz CT molecular complexity index is 586. The summed E-state index contributed by atoms with van der Waals surface area (Å²) in [5, 5.41) is 8.68. The highest BCUT2D eigenvalue weighted by Gasteiger charge is 2.36. The normalized spacial score (nSPS) is 13.1. The Hall–Kier alpha value is -1.44. The van der Waals surface area contributed by atoms with Crippen molar-refractivity contribution in [2.75, 3.05) is 6.61 Å². The molecule has 1 aromatic rings. The number of carbonyl (C=O) groups is 1. The first-order valence-electron chi connectivity index (χ1n) is 6.13. The molecular weight excluding hydrogens is 282 g/mol. The molecule has 1 aromatic carbocycles. The lowest BCUT2D eigenvalue weighted by Crippen LogP contribution is -2.41. The molecule has 7 heteroatoms. The van der Waals surface area contributed by atoms with Crippen LogP contribution in [-0.2, 0) is 19.4 Å². The van der Waals surface area contributed by atoms with Gasteiger partial charge in [0.2, 0.25) is 15.3 Å². The largest absolute Gasteiger partial charge is 0.353 e. The van der Waals surface area contributed by atoms with Crippen molar-refractivity contribution in [3.63, 3.8) is 0 Å². The summed E-state index contributed by atoms with van der Waals surface area (Å²) in [6, 6.07) is 3.44. The number of rotatable bonds is 5. The van der Waals surface area contributed by atoms with Gasteiger partial charge in [-0.1, -0.05) is 17.7 Å². The molecule has 2 N–H and O–H groups in total. The van der Waals surface area contributed by atoms with Crippen LogP contribution in [0.15, 0.2) is 17.0 Å². The third-order valence-corrected chi connectivity index (χ3v) is 4.94. The SMILES string of the molecule is CCOC(C(=O)NO)S(=O)(=O)c1c(C)cc(C)cc1C. The molecule has 1 rings (SSSR count). The van der Waals surface area contributed by atoms with Gasteiger partial charge in [-0.15, -0.1) is 0 Å². The van der Waals surface area contributed by atoms with Gasteiger partial charge < -0.3 is 4.74 Å². The smallest absolute Gasteiger partial charge is 0.288 e. The Morgan fingerprint density at radius 2 is 1.80 bits per heavy atom. The standard InChI is InChI=1S/C13H19NO5S/c1-5-19-13(12(15)14-16)20(17,18)11-9(3)6-8(2)7-10(11)4/h6-7,13,16H,5H2,1-4H3,(H,14,15). The van der Waals surface area contributed by atoms with Crippen LogP contribution in [0, 0.1) is 20.8 Å². The van der Waals surface area contributed by atoms with Crippen LogP contribution in [-0.4, -0.2) is 31.6 Å². The molecular formula is C13H19NO5S. The summed E-state index contributed by atoms with van der Waals surface area (Å²) in [6.07, 6.45) is 0. The lowest BCUT2D eigenvalue weighted by atomic mass is 10.1. The second kappa shape index (κ2) is 6.34. The highest BCUT2D eigenvalue weighted by molar-refractivity contribution is 7.92. The van der Waals surface area contributed by atoms with E-state index in [1.54, 1.807) is 32.9 Å². The lowest BCUT2D eigenvalue weighted by Gasteiger charge is -2.19. The number of hydrogen-bond acceptors (Lipinski definition) is 5. The van der Waals surface area contributed by atoms with E-state index in [0.717, 1.165) is 5.56 Å². The lowest BCUT2D eigenvalue weighted by molar-refractivity contribution is -0.136. The molecule has 0 aliphatic rings. The Kier molecular flexibility index (Phi) is 5.27. The summed E-state index contributed by atoms with van der Waals surface area (Å²) in [5.41, 5.74) is 1.58. The minimum atomic E-state index is -4.05. The van der Waals surface area contributed by atoms with E-state index in [0.29, 0.717) is 11.1 Å². The molecule has 0 fully saturated rings. The molecule has 6 nitrogen and oxygen atoms in total. The maximum atomic E-state index is 12.6. The van der Waals surface area contributed by atoms with Crippen molar-refractivity contribution in [2.45, 2.75) is 38.0 Å². The van der Waals surface area contributed by atoms with E-state index in [4.69, 9.17) is 9.94 Å². The number of ether oxygens (including phenoxy) is 1. The molecule has 20 heavy (non-hydrogen) atoms. The Morgan fingerprint density at radius 3 is 2.20 bits per heavy atom. The van der Waals surface area contributed by atoms with Crippen LogP contribution < -0.4 is 5.48 Å². The van der Waals surface area contributed by atoms with Gasteiger partial charge in [0.15, 0.2) is 0 Å². The second-order valence-corrected chi connectivity index (χ2v) is 6.46. The van der Waals surface area contributed by atoms with Gasteiger partial charge in [-0.05, 0) is 38.8 Å². The Morgan fingerprint density at radius 1 is 1.30 bits per heavy atom. The summed E-state index contributed by atoms with van der Waals surface area (Å²) >= 11 is 0. The van der Waals surface area contributed by atoms with Crippen molar-refractivity contribution in [1.29, 1.82) is 0 Å². The number of hydrogen-bond donors (Lipinski definition) is 2. The molecule has 0 aliphatic carbocycles. The van der Waals surface area contributed by atoms with Crippen LogP contribution in [0.4, 0.5) is 0 Å². The van der Waals surface area contributed by atoms with E-state index in [2.05, 4.69) is 0 Å². The first-order chi connectivity index (χ1) is 9.25. The average Bonchev–Trinajstić information content (AvgIpc) is 2.33. The highest BCUT2D eigenvalue weighted by Crippen LogP contribution is 2.26. The predicted molar refractivity (Wildman–Crippen MR) is 73.2 cm³/mol. The second-order valence-electron chi connectivity index (χ2n) is 4.54. The van der Waals surface area contributed by atoms with E-state index in [-0.39, 0.29) is 11.5 Å². The minimum Gasteiger partial charge on any atom is -0.353 e. The predicted octanol–water partition coefficient (Wildman–Crippen LogP) is 1.25. The number of carbonyl (C=O) groups excluding carboxylic acids is 1. The fraction of sp³-hybridized carbons (Fsp3) is 0.462. The van der Waals surface area contributed by atoms with Gasteiger partial charge >= 0.3 is 0 Å². The molecule has 1 unspecified atom stereocenters. The van der Waals surface area contributed by atoms with Gasteiger partial charge in [-0.25, -0.2) is 13.9 Å². The number of hydroxylamine groups is 1. The van der Waals surface area contributed by atoms with Gasteiger partial charge in [-0.2, -0.15) is 0 Å². The van der Waals surface area contributed by atoms with Crippen molar-refractivity contribution in [1.82, 2.24) is 5.48 Å². The third-order valence-electron chi connectivity index (χ3n) is 2.81. The van der Waals surface area contributed by atoms with Crippen LogP contribution in [0.3, 0.4) is 0 Å². The molecule has 0 saturated carbocycles. The van der Waals surface area contributed by atoms with Crippen LogP contribution in [0.2, 0.25) is 0 Å². The maximum absolute atomic E-state index is 12.6. The fourth-order valence-electron chi connectivity index (χ4n) is 2.23. The van der Waals surface area contributed by atoms with E-state index >= 15 is 0 Å². The van der Waals surface area contributed by atoms with Crippen LogP contribution in [0.5, 0.6) is 0 Å². The molecule has 112 valence electrons. The van der Waals surface area contributed by atoms with Crippen LogP contribution >= 0.6 is 0 Å². The molecule has 0 spiro atoms. The van der Waals surface area contributed by atoms with Crippen LogP contribution in [0.1, 0.15) is 23.6 Å². The zero-order valence-electron chi connectivity index (χ0n) is 11.9. The Balaban J connectivity index is 3.45. The molecule has 1 atom stereocenters. The van der Waals surface area contributed by atoms with Gasteiger partial charge in [-0.3, -0.25) is 10.0 Å². The molecule has 0 heterocycles. The highest BCUT2D eigenvalue weighted by atomic mass is 32.2. The molecule has 0 saturated heterocycles. The number of amides is 1. The van der Waals surface area contributed by atoms with E-state index in [9.17, 15) is 13.2 Å². The molecule has 0 radical (unpaired) electrons. The summed E-state index contributed by atoms with van der Waals surface area (Å²) < 4.78 is 30.2. The number of nitrogens with one attached hydrogen (secondary N) is 1. The van der Waals surface area contributed by atoms with Gasteiger partial charge in [0.1, 0.15) is 0 Å². The van der Waals surface area contributed by atoms with Gasteiger partial charge in [0.05, 0.1) is 4.90 Å². The number of aryl methyl sites for hydroxylation is 3. The van der Waals surface area contributed by atoms with Crippen molar-refractivity contribution < 1.29 is 23.2 Å². The molecule has 1 amide bonds. The first-order valence-corrected chi connectivity index (χ1v) is 7.67. The minimum absolute atomic E-state index is 0.0290. The molecule has 0 bridgehead atoms. The van der Waals surface area contributed by atoms with Crippen molar-refractivity contribution >= 4 is 15.7 Å². The maximum Gasteiger partial charge on any atom is 0.288 e. The number of sulfone groups is 1. The quantitative estimate of drug-likeness (QED) is 0.631. The fourth-order valence-corrected chi connectivity index (χ4v) is 4.11. The van der Waals surface area contributed by atoms with Crippen molar-refractivity contribution in [2.24, 2.45) is 0 Å². The van der Waals surface area contributed by atoms with E-state index < -0.39 is 21.2 Å². The third kappa shape index (κ3) is 3.17. The summed E-state index contributed by atoms with van der Waals surface area (Å²) in [4.78, 5) is 11.6. The van der Waals surface area contributed by atoms with Crippen molar-refractivity contribution in [3.8, 4) is 0 Å². The van der Waals surface area contributed by atoms with Crippen molar-refractivity contribution in [3.05, 3.63) is 28.8 Å². The summed E-state index contributed by atoms with van der Waals surface area (Å²) in [6.45, 7) is 6.78. The first kappa shape index (κ1) is 16.6. The van der Waals surface area contributed by atoms with Gasteiger partial charge in [0, 0.05) is 6.61 Å². The average molecular weight is 301 g/mol. The van der Waals surface area contributed by atoms with Crippen LogP contribution in [0.25, 0.3) is 0 Å². The Labute approximate surface area is 118 Å². The van der Waals surface area contributed by atoms with E-state index in [1.165, 1.54) is 5.48 Å². The van der Waals surface area contributed by atoms with E-state index in [1.807, 2.05) is 6.92 Å². The number of benzene rings is 1. The molecule has 0 aliphatic heterocycles.